The molecule has 1 aromatic heterocycles. The molecule has 2 aromatic rings. The Bertz CT molecular complexity index is 767. The number of aromatic amines is 1. The monoisotopic (exact) mass is 325 g/mol. The van der Waals surface area contributed by atoms with E-state index in [4.69, 9.17) is 9.88 Å². The number of carbonyl (C=O) groups excluding carboxylic acids is 1. The van der Waals surface area contributed by atoms with Crippen LogP contribution in [0.15, 0.2) is 24.3 Å². The number of primary sulfonamides is 1. The number of amides is 1. The lowest BCUT2D eigenvalue weighted by Crippen LogP contribution is -2.24. The van der Waals surface area contributed by atoms with Crippen molar-refractivity contribution < 1.29 is 17.9 Å². The molecule has 0 aliphatic rings. The zero-order chi connectivity index (χ0) is 16.2. The number of hydrogen-bond donors (Lipinski definition) is 3. The molecular formula is C14H19N3O4S. The van der Waals surface area contributed by atoms with Crippen LogP contribution in [0.3, 0.4) is 0 Å². The maximum atomic E-state index is 11.6. The van der Waals surface area contributed by atoms with Gasteiger partial charge in [-0.25, -0.2) is 13.6 Å². The third-order valence-electron chi connectivity index (χ3n) is 3.19. The van der Waals surface area contributed by atoms with Crippen LogP contribution >= 0.6 is 0 Å². The molecule has 1 aromatic carbocycles. The summed E-state index contributed by atoms with van der Waals surface area (Å²) in [4.78, 5) is 14.8. The van der Waals surface area contributed by atoms with Crippen molar-refractivity contribution in [1.29, 1.82) is 0 Å². The molecular weight excluding hydrogens is 306 g/mol. The van der Waals surface area contributed by atoms with Crippen LogP contribution in [-0.4, -0.2) is 32.2 Å². The molecule has 0 atom stereocenters. The van der Waals surface area contributed by atoms with Crippen LogP contribution < -0.4 is 15.2 Å². The average molecular weight is 325 g/mol. The molecule has 0 saturated heterocycles. The zero-order valence-corrected chi connectivity index (χ0v) is 13.1. The summed E-state index contributed by atoms with van der Waals surface area (Å²) in [5.41, 5.74) is 1.82. The molecule has 0 aliphatic heterocycles. The standard InChI is InChI=1S/C14H19N3O4S/c1-21-12-4-5-13-10(8-12)7-11(17-13)9-16-14(18)3-2-6-22(15,19)20/h4-5,7-8,17H,2-3,6,9H2,1H3,(H,16,18)(H2,15,19,20). The van der Waals surface area contributed by atoms with Crippen LogP contribution in [0, 0.1) is 0 Å². The van der Waals surface area contributed by atoms with E-state index in [0.717, 1.165) is 22.3 Å². The molecule has 0 saturated carbocycles. The number of carbonyl (C=O) groups is 1. The maximum Gasteiger partial charge on any atom is 0.220 e. The lowest BCUT2D eigenvalue weighted by molar-refractivity contribution is -0.121. The van der Waals surface area contributed by atoms with Gasteiger partial charge in [-0.3, -0.25) is 4.79 Å². The van der Waals surface area contributed by atoms with Gasteiger partial charge >= 0.3 is 0 Å². The minimum atomic E-state index is -3.51. The number of hydrogen-bond acceptors (Lipinski definition) is 4. The van der Waals surface area contributed by atoms with Crippen molar-refractivity contribution in [1.82, 2.24) is 10.3 Å². The van der Waals surface area contributed by atoms with Gasteiger partial charge in [-0.15, -0.1) is 0 Å². The molecule has 7 nitrogen and oxygen atoms in total. The Morgan fingerprint density at radius 2 is 2.14 bits per heavy atom. The van der Waals surface area contributed by atoms with Gasteiger partial charge in [-0.1, -0.05) is 0 Å². The van der Waals surface area contributed by atoms with Gasteiger partial charge in [0.1, 0.15) is 5.75 Å². The number of benzene rings is 1. The molecule has 8 heteroatoms. The summed E-state index contributed by atoms with van der Waals surface area (Å²) in [7, 11) is -1.90. The van der Waals surface area contributed by atoms with E-state index in [9.17, 15) is 13.2 Å². The molecule has 4 N–H and O–H groups in total. The first kappa shape index (κ1) is 16.3. The third-order valence-corrected chi connectivity index (χ3v) is 4.05. The van der Waals surface area contributed by atoms with Gasteiger partial charge < -0.3 is 15.0 Å². The van der Waals surface area contributed by atoms with Crippen molar-refractivity contribution in [3.63, 3.8) is 0 Å². The van der Waals surface area contributed by atoms with E-state index in [1.165, 1.54) is 0 Å². The van der Waals surface area contributed by atoms with E-state index >= 15 is 0 Å². The molecule has 0 radical (unpaired) electrons. The fourth-order valence-corrected chi connectivity index (χ4v) is 2.66. The molecule has 1 amide bonds. The van der Waals surface area contributed by atoms with Gasteiger partial charge in [-0.05, 0) is 30.7 Å². The van der Waals surface area contributed by atoms with Crippen LogP contribution in [0.5, 0.6) is 5.75 Å². The minimum absolute atomic E-state index is 0.129. The Labute approximate surface area is 128 Å². The molecule has 120 valence electrons. The summed E-state index contributed by atoms with van der Waals surface area (Å²) in [6.45, 7) is 0.352. The van der Waals surface area contributed by atoms with Crippen molar-refractivity contribution in [2.75, 3.05) is 12.9 Å². The summed E-state index contributed by atoms with van der Waals surface area (Å²) >= 11 is 0. The smallest absolute Gasteiger partial charge is 0.220 e. The van der Waals surface area contributed by atoms with Crippen LogP contribution in [0.2, 0.25) is 0 Å². The number of fused-ring (bicyclic) bond motifs is 1. The number of ether oxygens (including phenoxy) is 1. The van der Waals surface area contributed by atoms with Crippen molar-refractivity contribution >= 4 is 26.8 Å². The topological polar surface area (TPSA) is 114 Å². The molecule has 0 spiro atoms. The fraction of sp³-hybridized carbons (Fsp3) is 0.357. The van der Waals surface area contributed by atoms with Crippen LogP contribution in [-0.2, 0) is 21.4 Å². The van der Waals surface area contributed by atoms with Gasteiger partial charge in [-0.2, -0.15) is 0 Å². The number of aromatic nitrogens is 1. The molecule has 2 rings (SSSR count). The number of H-pyrrole nitrogens is 1. The van der Waals surface area contributed by atoms with E-state index in [1.54, 1.807) is 7.11 Å². The Morgan fingerprint density at radius 1 is 1.36 bits per heavy atom. The Morgan fingerprint density at radius 3 is 2.82 bits per heavy atom. The van der Waals surface area contributed by atoms with Crippen molar-refractivity contribution in [2.24, 2.45) is 5.14 Å². The predicted octanol–water partition coefficient (Wildman–Crippen LogP) is 0.861. The molecule has 0 aliphatic carbocycles. The zero-order valence-electron chi connectivity index (χ0n) is 12.3. The van der Waals surface area contributed by atoms with Crippen molar-refractivity contribution in [3.8, 4) is 5.75 Å². The van der Waals surface area contributed by atoms with Gasteiger partial charge in [0, 0.05) is 23.0 Å². The lowest BCUT2D eigenvalue weighted by Gasteiger charge is -2.03. The summed E-state index contributed by atoms with van der Waals surface area (Å²) < 4.78 is 26.7. The SMILES string of the molecule is COc1ccc2[nH]c(CNC(=O)CCCS(N)(=O)=O)cc2c1. The third kappa shape index (κ3) is 4.74. The summed E-state index contributed by atoms with van der Waals surface area (Å²) in [5.74, 6) is 0.372. The normalized spacial score (nSPS) is 11.5. The van der Waals surface area contributed by atoms with Crippen LogP contribution in [0.4, 0.5) is 0 Å². The molecule has 0 fully saturated rings. The van der Waals surface area contributed by atoms with E-state index in [-0.39, 0.29) is 24.5 Å². The first-order chi connectivity index (χ1) is 10.4. The van der Waals surface area contributed by atoms with Gasteiger partial charge in [0.05, 0.1) is 19.4 Å². The number of sulfonamides is 1. The second-order valence-corrected chi connectivity index (χ2v) is 6.73. The second-order valence-electron chi connectivity index (χ2n) is 5.00. The molecule has 22 heavy (non-hydrogen) atoms. The minimum Gasteiger partial charge on any atom is -0.497 e. The van der Waals surface area contributed by atoms with Gasteiger partial charge in [0.15, 0.2) is 0 Å². The van der Waals surface area contributed by atoms with E-state index in [0.29, 0.717) is 6.54 Å². The fourth-order valence-electron chi connectivity index (χ4n) is 2.11. The van der Waals surface area contributed by atoms with Crippen molar-refractivity contribution in [3.05, 3.63) is 30.0 Å². The summed E-state index contributed by atoms with van der Waals surface area (Å²) in [6.07, 6.45) is 0.346. The average Bonchev–Trinajstić information content (AvgIpc) is 2.85. The first-order valence-corrected chi connectivity index (χ1v) is 8.52. The number of nitrogens with two attached hydrogens (primary N) is 1. The van der Waals surface area contributed by atoms with E-state index < -0.39 is 10.0 Å². The Kier molecular flexibility index (Phi) is 5.04. The van der Waals surface area contributed by atoms with Gasteiger partial charge in [0.2, 0.25) is 15.9 Å². The molecule has 0 bridgehead atoms. The highest BCUT2D eigenvalue weighted by molar-refractivity contribution is 7.89. The van der Waals surface area contributed by atoms with Crippen LogP contribution in [0.25, 0.3) is 10.9 Å². The molecule has 0 unspecified atom stereocenters. The van der Waals surface area contributed by atoms with E-state index in [1.807, 2.05) is 24.3 Å². The Balaban J connectivity index is 1.87. The highest BCUT2D eigenvalue weighted by atomic mass is 32.2. The van der Waals surface area contributed by atoms with E-state index in [2.05, 4.69) is 10.3 Å². The largest absolute Gasteiger partial charge is 0.497 e. The summed E-state index contributed by atoms with van der Waals surface area (Å²) in [5, 5.41) is 8.61. The number of rotatable bonds is 7. The first-order valence-electron chi connectivity index (χ1n) is 6.80. The number of methoxy groups -OCH3 is 1. The number of nitrogens with one attached hydrogen (secondary N) is 2. The predicted molar refractivity (Wildman–Crippen MR) is 83.9 cm³/mol. The lowest BCUT2D eigenvalue weighted by atomic mass is 10.2. The highest BCUT2D eigenvalue weighted by Gasteiger charge is 2.07. The maximum absolute atomic E-state index is 11.6. The molecule has 1 heterocycles. The Hall–Kier alpha value is -2.06. The van der Waals surface area contributed by atoms with Crippen molar-refractivity contribution in [2.45, 2.75) is 19.4 Å². The quantitative estimate of drug-likeness (QED) is 0.700. The second kappa shape index (κ2) is 6.80. The summed E-state index contributed by atoms with van der Waals surface area (Å²) in [6, 6.07) is 7.60. The van der Waals surface area contributed by atoms with Crippen LogP contribution in [0.1, 0.15) is 18.5 Å². The highest BCUT2D eigenvalue weighted by Crippen LogP contribution is 2.21. The van der Waals surface area contributed by atoms with Gasteiger partial charge in [0.25, 0.3) is 0 Å².